The third-order valence-electron chi connectivity index (χ3n) is 3.03. The van der Waals surface area contributed by atoms with Gasteiger partial charge in [0.1, 0.15) is 12.0 Å². The van der Waals surface area contributed by atoms with Gasteiger partial charge in [-0.05, 0) is 12.1 Å². The highest BCUT2D eigenvalue weighted by atomic mass is 16.1. The van der Waals surface area contributed by atoms with Gasteiger partial charge in [0, 0.05) is 43.2 Å². The number of aldehydes is 1. The summed E-state index contributed by atoms with van der Waals surface area (Å²) in [6.07, 6.45) is 3.77. The zero-order valence-electron chi connectivity index (χ0n) is 12.0. The van der Waals surface area contributed by atoms with Crippen LogP contribution in [0.15, 0.2) is 54.7 Å². The number of hydrogen-bond donors (Lipinski definition) is 0. The first-order chi connectivity index (χ1) is 10.1. The highest BCUT2D eigenvalue weighted by molar-refractivity contribution is 6.08. The summed E-state index contributed by atoms with van der Waals surface area (Å²) in [5.74, 6) is -0.137. The first-order valence-corrected chi connectivity index (χ1v) is 6.52. The molecule has 1 aromatic heterocycles. The molecule has 0 aliphatic rings. The zero-order chi connectivity index (χ0) is 15.2. The van der Waals surface area contributed by atoms with E-state index < -0.39 is 0 Å². The van der Waals surface area contributed by atoms with Crippen molar-refractivity contribution >= 4 is 17.8 Å². The Balaban J connectivity index is 2.40. The fraction of sp³-hybridized carbons (Fsp3) is 0.118. The van der Waals surface area contributed by atoms with Crippen molar-refractivity contribution in [2.45, 2.75) is 0 Å². The van der Waals surface area contributed by atoms with E-state index in [1.807, 2.05) is 37.2 Å². The van der Waals surface area contributed by atoms with Gasteiger partial charge in [0.15, 0.2) is 0 Å². The molecule has 106 valence electrons. The molecular formula is C17H16N2O2. The Kier molecular flexibility index (Phi) is 4.61. The predicted octanol–water partition coefficient (Wildman–Crippen LogP) is 2.41. The van der Waals surface area contributed by atoms with E-state index in [0.29, 0.717) is 11.3 Å². The highest BCUT2D eigenvalue weighted by Gasteiger charge is 2.12. The summed E-state index contributed by atoms with van der Waals surface area (Å²) in [5.41, 5.74) is 2.46. The van der Waals surface area contributed by atoms with E-state index in [1.54, 1.807) is 30.5 Å². The first-order valence-electron chi connectivity index (χ1n) is 6.52. The van der Waals surface area contributed by atoms with Gasteiger partial charge in [0.05, 0.1) is 0 Å². The molecule has 0 aliphatic heterocycles. The van der Waals surface area contributed by atoms with Crippen LogP contribution in [0.25, 0.3) is 5.70 Å². The number of nitrogens with zero attached hydrogens (tertiary/aromatic N) is 2. The number of benzene rings is 1. The maximum absolute atomic E-state index is 12.4. The van der Waals surface area contributed by atoms with Gasteiger partial charge >= 0.3 is 0 Å². The molecule has 0 N–H and O–H groups in total. The van der Waals surface area contributed by atoms with E-state index >= 15 is 0 Å². The molecule has 0 radical (unpaired) electrons. The Morgan fingerprint density at radius 2 is 1.81 bits per heavy atom. The monoisotopic (exact) mass is 280 g/mol. The summed E-state index contributed by atoms with van der Waals surface area (Å²) in [7, 11) is 3.68. The van der Waals surface area contributed by atoms with Crippen LogP contribution in [0.4, 0.5) is 0 Å². The molecular weight excluding hydrogens is 264 g/mol. The number of ketones is 1. The lowest BCUT2D eigenvalue weighted by Gasteiger charge is -2.17. The average Bonchev–Trinajstić information content (AvgIpc) is 2.52. The quantitative estimate of drug-likeness (QED) is 0.479. The molecule has 0 spiro atoms. The van der Waals surface area contributed by atoms with Crippen LogP contribution in [0.1, 0.15) is 21.6 Å². The van der Waals surface area contributed by atoms with Crippen LogP contribution >= 0.6 is 0 Å². The van der Waals surface area contributed by atoms with Crippen molar-refractivity contribution in [1.82, 2.24) is 9.88 Å². The maximum Gasteiger partial charge on any atom is 0.211 e. The van der Waals surface area contributed by atoms with Crippen molar-refractivity contribution in [2.24, 2.45) is 0 Å². The minimum Gasteiger partial charge on any atom is -0.377 e. The van der Waals surface area contributed by atoms with Crippen molar-refractivity contribution in [3.05, 3.63) is 71.6 Å². The lowest BCUT2D eigenvalue weighted by molar-refractivity contribution is -0.104. The van der Waals surface area contributed by atoms with Crippen molar-refractivity contribution < 1.29 is 9.59 Å². The molecule has 0 aliphatic carbocycles. The van der Waals surface area contributed by atoms with Crippen LogP contribution in [-0.4, -0.2) is 36.0 Å². The third-order valence-corrected chi connectivity index (χ3v) is 3.03. The van der Waals surface area contributed by atoms with E-state index in [4.69, 9.17) is 0 Å². The second-order valence-electron chi connectivity index (χ2n) is 4.71. The largest absolute Gasteiger partial charge is 0.377 e. The van der Waals surface area contributed by atoms with Crippen molar-refractivity contribution in [3.63, 3.8) is 0 Å². The van der Waals surface area contributed by atoms with Crippen LogP contribution in [0.2, 0.25) is 0 Å². The molecule has 4 heteroatoms. The van der Waals surface area contributed by atoms with Crippen molar-refractivity contribution in [2.75, 3.05) is 14.1 Å². The third kappa shape index (κ3) is 3.42. The first kappa shape index (κ1) is 14.7. The molecule has 0 saturated carbocycles. The van der Waals surface area contributed by atoms with Crippen LogP contribution in [0.5, 0.6) is 0 Å². The molecule has 0 fully saturated rings. The van der Waals surface area contributed by atoms with E-state index in [-0.39, 0.29) is 5.78 Å². The lowest BCUT2D eigenvalue weighted by Crippen LogP contribution is -2.12. The Morgan fingerprint density at radius 3 is 2.43 bits per heavy atom. The van der Waals surface area contributed by atoms with E-state index in [0.717, 1.165) is 17.5 Å². The second-order valence-corrected chi connectivity index (χ2v) is 4.71. The Bertz CT molecular complexity index is 676. The van der Waals surface area contributed by atoms with Gasteiger partial charge < -0.3 is 4.90 Å². The van der Waals surface area contributed by atoms with Gasteiger partial charge in [-0.25, -0.2) is 0 Å². The molecule has 2 rings (SSSR count). The number of aromatic nitrogens is 1. The fourth-order valence-corrected chi connectivity index (χ4v) is 2.02. The number of carbonyl (C=O) groups is 2. The Hall–Kier alpha value is -2.75. The van der Waals surface area contributed by atoms with Gasteiger partial charge in [-0.2, -0.15) is 0 Å². The number of allylic oxidation sites excluding steroid dienone is 1. The zero-order valence-corrected chi connectivity index (χ0v) is 12.0. The van der Waals surface area contributed by atoms with Crippen LogP contribution in [-0.2, 0) is 4.79 Å². The average molecular weight is 280 g/mol. The predicted molar refractivity (Wildman–Crippen MR) is 81.8 cm³/mol. The molecule has 1 heterocycles. The summed E-state index contributed by atoms with van der Waals surface area (Å²) in [5, 5.41) is 0. The fourth-order valence-electron chi connectivity index (χ4n) is 2.02. The molecule has 21 heavy (non-hydrogen) atoms. The summed E-state index contributed by atoms with van der Waals surface area (Å²) < 4.78 is 0. The molecule has 0 saturated heterocycles. The van der Waals surface area contributed by atoms with E-state index in [2.05, 4.69) is 4.98 Å². The minimum atomic E-state index is -0.137. The number of rotatable bonds is 5. The summed E-state index contributed by atoms with van der Waals surface area (Å²) in [4.78, 5) is 29.1. The maximum atomic E-state index is 12.4. The highest BCUT2D eigenvalue weighted by Crippen LogP contribution is 2.18. The smallest absolute Gasteiger partial charge is 0.211 e. The van der Waals surface area contributed by atoms with Crippen LogP contribution < -0.4 is 0 Å². The standard InChI is InChI=1S/C17H16N2O2/c1-19(2)16(9-11-20)14-8-10-18-15(12-14)17(21)13-6-4-3-5-7-13/h3-12H,1-2H3. The van der Waals surface area contributed by atoms with Crippen LogP contribution in [0, 0.1) is 0 Å². The number of carbonyl (C=O) groups excluding carboxylic acids is 2. The number of hydrogen-bond acceptors (Lipinski definition) is 4. The molecule has 1 aromatic carbocycles. The van der Waals surface area contributed by atoms with Gasteiger partial charge in [-0.3, -0.25) is 14.6 Å². The van der Waals surface area contributed by atoms with E-state index in [9.17, 15) is 9.59 Å². The van der Waals surface area contributed by atoms with Gasteiger partial charge in [-0.1, -0.05) is 30.3 Å². The van der Waals surface area contributed by atoms with Gasteiger partial charge in [-0.15, -0.1) is 0 Å². The molecule has 2 aromatic rings. The molecule has 0 bridgehead atoms. The molecule has 4 nitrogen and oxygen atoms in total. The van der Waals surface area contributed by atoms with E-state index in [1.165, 1.54) is 6.08 Å². The molecule has 0 unspecified atom stereocenters. The number of pyridine rings is 1. The second kappa shape index (κ2) is 6.61. The van der Waals surface area contributed by atoms with Crippen molar-refractivity contribution in [1.29, 1.82) is 0 Å². The summed E-state index contributed by atoms with van der Waals surface area (Å²) in [6.45, 7) is 0. The molecule has 0 amide bonds. The topological polar surface area (TPSA) is 50.3 Å². The summed E-state index contributed by atoms with van der Waals surface area (Å²) >= 11 is 0. The Morgan fingerprint density at radius 1 is 1.10 bits per heavy atom. The van der Waals surface area contributed by atoms with Gasteiger partial charge in [0.2, 0.25) is 5.78 Å². The van der Waals surface area contributed by atoms with Gasteiger partial charge in [0.25, 0.3) is 0 Å². The molecule has 0 atom stereocenters. The lowest BCUT2D eigenvalue weighted by atomic mass is 10.0. The minimum absolute atomic E-state index is 0.137. The normalized spacial score (nSPS) is 11.0. The Labute approximate surface area is 123 Å². The van der Waals surface area contributed by atoms with Crippen molar-refractivity contribution in [3.8, 4) is 0 Å². The van der Waals surface area contributed by atoms with Crippen LogP contribution in [0.3, 0.4) is 0 Å². The SMILES string of the molecule is CN(C)C(=CC=O)c1ccnc(C(=O)c2ccccc2)c1. The summed E-state index contributed by atoms with van der Waals surface area (Å²) in [6, 6.07) is 12.5.